The van der Waals surface area contributed by atoms with Gasteiger partial charge in [-0.25, -0.2) is 4.79 Å². The minimum Gasteiger partial charge on any atom is -0.478 e. The maximum Gasteiger partial charge on any atom is 0.335 e. The van der Waals surface area contributed by atoms with Crippen LogP contribution in [0.2, 0.25) is 0 Å². The van der Waals surface area contributed by atoms with Crippen LogP contribution in [-0.2, 0) is 0 Å². The molecule has 66 valence electrons. The van der Waals surface area contributed by atoms with Crippen molar-refractivity contribution in [2.24, 2.45) is 0 Å². The van der Waals surface area contributed by atoms with Gasteiger partial charge in [0, 0.05) is 11.4 Å². The molecule has 5 N–H and O–H groups in total. The zero-order valence-electron chi connectivity index (χ0n) is 6.15. The summed E-state index contributed by atoms with van der Waals surface area (Å²) in [6.45, 7) is 0. The Morgan fingerprint density at radius 1 is 1.17 bits per heavy atom. The number of carboxylic acids is 1. The van der Waals surface area contributed by atoms with Crippen LogP contribution in [-0.4, -0.2) is 11.1 Å². The third kappa shape index (κ3) is 2.32. The van der Waals surface area contributed by atoms with Crippen LogP contribution in [0.1, 0.15) is 10.4 Å². The van der Waals surface area contributed by atoms with Crippen molar-refractivity contribution in [1.29, 1.82) is 0 Å². The molecule has 0 saturated carbocycles. The lowest BCUT2D eigenvalue weighted by molar-refractivity contribution is 0.0697. The number of hydrogen-bond acceptors (Lipinski definition) is 3. The third-order valence-corrected chi connectivity index (χ3v) is 1.22. The third-order valence-electron chi connectivity index (χ3n) is 1.22. The second kappa shape index (κ2) is 3.82. The molecule has 0 aromatic heterocycles. The lowest BCUT2D eigenvalue weighted by Crippen LogP contribution is -1.99. The van der Waals surface area contributed by atoms with Crippen LogP contribution < -0.4 is 11.5 Å². The molecule has 0 fully saturated rings. The van der Waals surface area contributed by atoms with Gasteiger partial charge in [-0.2, -0.15) is 0 Å². The summed E-state index contributed by atoms with van der Waals surface area (Å²) in [6, 6.07) is 4.23. The molecule has 0 aliphatic rings. The lowest BCUT2D eigenvalue weighted by atomic mass is 10.2. The normalized spacial score (nSPS) is 8.67. The van der Waals surface area contributed by atoms with Crippen molar-refractivity contribution in [2.75, 3.05) is 11.5 Å². The fourth-order valence-electron chi connectivity index (χ4n) is 0.800. The van der Waals surface area contributed by atoms with Crippen molar-refractivity contribution in [3.63, 3.8) is 0 Å². The van der Waals surface area contributed by atoms with Gasteiger partial charge in [0.1, 0.15) is 0 Å². The van der Waals surface area contributed by atoms with E-state index in [2.05, 4.69) is 0 Å². The Balaban J connectivity index is 0.00000121. The fraction of sp³-hybridized carbons (Fsp3) is 0. The Labute approximate surface area is 75.6 Å². The smallest absolute Gasteiger partial charge is 0.335 e. The van der Waals surface area contributed by atoms with Gasteiger partial charge in [0.25, 0.3) is 0 Å². The first-order valence-electron chi connectivity index (χ1n) is 2.99. The standard InChI is InChI=1S/C7H8N2O2.ClH/c8-5-1-4(7(10)11)2-6(9)3-5;/h1-3H,8-9H2,(H,10,11);1H. The average Bonchev–Trinajstić information content (AvgIpc) is 1.85. The highest BCUT2D eigenvalue weighted by atomic mass is 35.5. The average molecular weight is 189 g/mol. The molecular formula is C7H9ClN2O2. The van der Waals surface area contributed by atoms with Crippen molar-refractivity contribution < 1.29 is 9.90 Å². The van der Waals surface area contributed by atoms with Gasteiger partial charge >= 0.3 is 5.97 Å². The van der Waals surface area contributed by atoms with E-state index < -0.39 is 5.97 Å². The minimum absolute atomic E-state index is 0. The molecular weight excluding hydrogens is 180 g/mol. The Bertz CT molecular complexity index is 281. The molecule has 0 atom stereocenters. The molecule has 4 nitrogen and oxygen atoms in total. The quantitative estimate of drug-likeness (QED) is 0.573. The summed E-state index contributed by atoms with van der Waals surface area (Å²) in [5.74, 6) is -1.02. The highest BCUT2D eigenvalue weighted by molar-refractivity contribution is 5.90. The maximum atomic E-state index is 10.4. The largest absolute Gasteiger partial charge is 0.478 e. The van der Waals surface area contributed by atoms with Crippen LogP contribution in [0.25, 0.3) is 0 Å². The summed E-state index contributed by atoms with van der Waals surface area (Å²) in [4.78, 5) is 10.4. The Kier molecular flexibility index (Phi) is 3.37. The highest BCUT2D eigenvalue weighted by Gasteiger charge is 2.02. The molecule has 1 aromatic carbocycles. The van der Waals surface area contributed by atoms with Crippen molar-refractivity contribution in [3.8, 4) is 0 Å². The summed E-state index contributed by atoms with van der Waals surface area (Å²) < 4.78 is 0. The zero-order chi connectivity index (χ0) is 8.43. The number of carboxylic acid groups (broad SMARTS) is 1. The van der Waals surface area contributed by atoms with Crippen LogP contribution in [0, 0.1) is 0 Å². The monoisotopic (exact) mass is 188 g/mol. The van der Waals surface area contributed by atoms with Crippen LogP contribution >= 0.6 is 12.4 Å². The molecule has 0 spiro atoms. The molecule has 0 heterocycles. The fourth-order valence-corrected chi connectivity index (χ4v) is 0.800. The number of aromatic carboxylic acids is 1. The van der Waals surface area contributed by atoms with E-state index in [1.807, 2.05) is 0 Å². The SMILES string of the molecule is Cl.Nc1cc(N)cc(C(=O)O)c1. The molecule has 1 aromatic rings. The minimum atomic E-state index is -1.02. The van der Waals surface area contributed by atoms with Crippen molar-refractivity contribution >= 4 is 29.8 Å². The van der Waals surface area contributed by atoms with Crippen molar-refractivity contribution in [1.82, 2.24) is 0 Å². The van der Waals surface area contributed by atoms with E-state index in [0.717, 1.165) is 0 Å². The number of benzene rings is 1. The maximum absolute atomic E-state index is 10.4. The first-order valence-corrected chi connectivity index (χ1v) is 2.99. The molecule has 0 aliphatic heterocycles. The molecule has 1 rings (SSSR count). The van der Waals surface area contributed by atoms with Crippen LogP contribution in [0.4, 0.5) is 11.4 Å². The van der Waals surface area contributed by atoms with Gasteiger partial charge in [0.2, 0.25) is 0 Å². The molecule has 12 heavy (non-hydrogen) atoms. The summed E-state index contributed by atoms with van der Waals surface area (Å²) in [5.41, 5.74) is 11.5. The van der Waals surface area contributed by atoms with E-state index in [-0.39, 0.29) is 18.0 Å². The van der Waals surface area contributed by atoms with E-state index >= 15 is 0 Å². The van der Waals surface area contributed by atoms with E-state index in [9.17, 15) is 4.79 Å². The number of anilines is 2. The van der Waals surface area contributed by atoms with Gasteiger partial charge in [0.05, 0.1) is 5.56 Å². The number of hydrogen-bond donors (Lipinski definition) is 3. The Morgan fingerprint density at radius 3 is 1.92 bits per heavy atom. The van der Waals surface area contributed by atoms with Gasteiger partial charge in [-0.05, 0) is 18.2 Å². The first-order chi connectivity index (χ1) is 5.09. The summed E-state index contributed by atoms with van der Waals surface area (Å²) in [6.07, 6.45) is 0. The van der Waals surface area contributed by atoms with Gasteiger partial charge in [-0.3, -0.25) is 0 Å². The van der Waals surface area contributed by atoms with Crippen LogP contribution in [0.5, 0.6) is 0 Å². The van der Waals surface area contributed by atoms with Gasteiger partial charge < -0.3 is 16.6 Å². The zero-order valence-corrected chi connectivity index (χ0v) is 6.97. The van der Waals surface area contributed by atoms with Gasteiger partial charge in [-0.15, -0.1) is 12.4 Å². The molecule has 0 amide bonds. The second-order valence-electron chi connectivity index (χ2n) is 2.19. The Hall–Kier alpha value is -1.42. The summed E-state index contributed by atoms with van der Waals surface area (Å²) in [5, 5.41) is 8.52. The van der Waals surface area contributed by atoms with Gasteiger partial charge in [-0.1, -0.05) is 0 Å². The van der Waals surface area contributed by atoms with Crippen LogP contribution in [0.3, 0.4) is 0 Å². The molecule has 0 aliphatic carbocycles. The lowest BCUT2D eigenvalue weighted by Gasteiger charge is -1.98. The second-order valence-corrected chi connectivity index (χ2v) is 2.19. The summed E-state index contributed by atoms with van der Waals surface area (Å²) >= 11 is 0. The molecule has 0 bridgehead atoms. The van der Waals surface area contributed by atoms with E-state index in [1.54, 1.807) is 0 Å². The topological polar surface area (TPSA) is 89.3 Å². The van der Waals surface area contributed by atoms with E-state index in [1.165, 1.54) is 18.2 Å². The molecule has 0 saturated heterocycles. The number of nitrogens with two attached hydrogens (primary N) is 2. The first kappa shape index (κ1) is 10.6. The number of halogens is 1. The molecule has 0 radical (unpaired) electrons. The Morgan fingerprint density at radius 2 is 1.58 bits per heavy atom. The van der Waals surface area contributed by atoms with E-state index in [4.69, 9.17) is 16.6 Å². The van der Waals surface area contributed by atoms with Crippen LogP contribution in [0.15, 0.2) is 18.2 Å². The highest BCUT2D eigenvalue weighted by Crippen LogP contribution is 2.12. The summed E-state index contributed by atoms with van der Waals surface area (Å²) in [7, 11) is 0. The predicted octanol–water partition coefficient (Wildman–Crippen LogP) is 0.971. The van der Waals surface area contributed by atoms with E-state index in [0.29, 0.717) is 11.4 Å². The number of rotatable bonds is 1. The molecule has 0 unspecified atom stereocenters. The number of nitrogen functional groups attached to an aromatic ring is 2. The van der Waals surface area contributed by atoms with Gasteiger partial charge in [0.15, 0.2) is 0 Å². The van der Waals surface area contributed by atoms with Crippen molar-refractivity contribution in [3.05, 3.63) is 23.8 Å². The van der Waals surface area contributed by atoms with Crippen molar-refractivity contribution in [2.45, 2.75) is 0 Å². The number of carbonyl (C=O) groups is 1. The predicted molar refractivity (Wildman–Crippen MR) is 49.5 cm³/mol. The molecule has 5 heteroatoms.